The van der Waals surface area contributed by atoms with Crippen molar-refractivity contribution in [2.24, 2.45) is 5.92 Å². The maximum absolute atomic E-state index is 10.8. The standard InChI is InChI=1S/C13H17Cl2NO2S/c1-8(10-6-11(14)19-13(10)15)16-4-2-3-9(7-16)5-12(17)18/h6,8-9H,2-5,7H2,1H3,(H,17,18). The lowest BCUT2D eigenvalue weighted by Gasteiger charge is -2.36. The van der Waals surface area contributed by atoms with Gasteiger partial charge in [0.1, 0.15) is 0 Å². The fourth-order valence-corrected chi connectivity index (χ4v) is 4.33. The quantitative estimate of drug-likeness (QED) is 0.898. The minimum absolute atomic E-state index is 0.188. The molecular weight excluding hydrogens is 305 g/mol. The van der Waals surface area contributed by atoms with Crippen LogP contribution in [-0.2, 0) is 4.79 Å². The minimum Gasteiger partial charge on any atom is -0.481 e. The molecule has 1 aromatic rings. The molecule has 1 fully saturated rings. The summed E-state index contributed by atoms with van der Waals surface area (Å²) in [6.45, 7) is 3.91. The number of rotatable bonds is 4. The number of carbonyl (C=O) groups is 1. The smallest absolute Gasteiger partial charge is 0.303 e. The molecule has 1 aliphatic heterocycles. The van der Waals surface area contributed by atoms with Gasteiger partial charge < -0.3 is 5.11 Å². The van der Waals surface area contributed by atoms with Crippen molar-refractivity contribution in [3.05, 3.63) is 20.3 Å². The summed E-state index contributed by atoms with van der Waals surface area (Å²) in [5.41, 5.74) is 1.05. The van der Waals surface area contributed by atoms with Crippen LogP contribution in [0.5, 0.6) is 0 Å². The number of nitrogens with zero attached hydrogens (tertiary/aromatic N) is 1. The zero-order valence-electron chi connectivity index (χ0n) is 10.7. The van der Waals surface area contributed by atoms with E-state index in [4.69, 9.17) is 28.3 Å². The maximum Gasteiger partial charge on any atom is 0.303 e. The summed E-state index contributed by atoms with van der Waals surface area (Å²) in [5.74, 6) is -0.474. The highest BCUT2D eigenvalue weighted by atomic mass is 35.5. The Morgan fingerprint density at radius 1 is 1.63 bits per heavy atom. The molecule has 2 heterocycles. The largest absolute Gasteiger partial charge is 0.481 e. The second-order valence-corrected chi connectivity index (χ2v) is 7.34. The first kappa shape index (κ1) is 15.1. The number of carboxylic acids is 1. The molecule has 3 nitrogen and oxygen atoms in total. The SMILES string of the molecule is CC(c1cc(Cl)sc1Cl)N1CCCC(CC(=O)O)C1. The summed E-state index contributed by atoms with van der Waals surface area (Å²) >= 11 is 13.6. The third-order valence-corrected chi connectivity index (χ3v) is 5.21. The monoisotopic (exact) mass is 321 g/mol. The lowest BCUT2D eigenvalue weighted by atomic mass is 9.93. The summed E-state index contributed by atoms with van der Waals surface area (Å²) in [5, 5.41) is 8.90. The number of hydrogen-bond donors (Lipinski definition) is 1. The van der Waals surface area contributed by atoms with E-state index in [-0.39, 0.29) is 18.4 Å². The van der Waals surface area contributed by atoms with Gasteiger partial charge in [-0.15, -0.1) is 11.3 Å². The fraction of sp³-hybridized carbons (Fsp3) is 0.615. The summed E-state index contributed by atoms with van der Waals surface area (Å²) in [6, 6.07) is 2.10. The van der Waals surface area contributed by atoms with E-state index in [0.717, 1.165) is 35.8 Å². The van der Waals surface area contributed by atoms with E-state index < -0.39 is 5.97 Å². The molecule has 19 heavy (non-hydrogen) atoms. The Labute approximate surface area is 127 Å². The Hall–Kier alpha value is -0.290. The van der Waals surface area contributed by atoms with Crippen LogP contribution in [0.4, 0.5) is 0 Å². The second-order valence-electron chi connectivity index (χ2n) is 5.06. The van der Waals surface area contributed by atoms with Crippen molar-refractivity contribution in [2.75, 3.05) is 13.1 Å². The van der Waals surface area contributed by atoms with Gasteiger partial charge in [0, 0.05) is 24.6 Å². The number of thiophene rings is 1. The van der Waals surface area contributed by atoms with Crippen molar-refractivity contribution in [2.45, 2.75) is 32.2 Å². The van der Waals surface area contributed by atoms with Crippen molar-refractivity contribution >= 4 is 40.5 Å². The lowest BCUT2D eigenvalue weighted by Crippen LogP contribution is -2.37. The molecule has 0 aliphatic carbocycles. The molecule has 2 atom stereocenters. The molecule has 2 unspecified atom stereocenters. The van der Waals surface area contributed by atoms with E-state index >= 15 is 0 Å². The summed E-state index contributed by atoms with van der Waals surface area (Å²) < 4.78 is 1.43. The molecule has 0 saturated carbocycles. The molecule has 0 amide bonds. The highest BCUT2D eigenvalue weighted by Gasteiger charge is 2.27. The van der Waals surface area contributed by atoms with Crippen molar-refractivity contribution in [3.8, 4) is 0 Å². The Morgan fingerprint density at radius 3 is 2.95 bits per heavy atom. The van der Waals surface area contributed by atoms with E-state index in [1.165, 1.54) is 11.3 Å². The van der Waals surface area contributed by atoms with Crippen LogP contribution in [0.2, 0.25) is 8.67 Å². The van der Waals surface area contributed by atoms with E-state index in [9.17, 15) is 4.79 Å². The van der Waals surface area contributed by atoms with Gasteiger partial charge in [-0.2, -0.15) is 0 Å². The van der Waals surface area contributed by atoms with E-state index in [1.54, 1.807) is 0 Å². The molecule has 1 N–H and O–H groups in total. The molecule has 1 aromatic heterocycles. The van der Waals surface area contributed by atoms with Gasteiger partial charge in [-0.05, 0) is 38.3 Å². The van der Waals surface area contributed by atoms with Crippen molar-refractivity contribution in [3.63, 3.8) is 0 Å². The molecule has 1 saturated heterocycles. The van der Waals surface area contributed by atoms with Gasteiger partial charge in [-0.3, -0.25) is 9.69 Å². The van der Waals surface area contributed by atoms with Gasteiger partial charge in [0.25, 0.3) is 0 Å². The van der Waals surface area contributed by atoms with Gasteiger partial charge in [0.2, 0.25) is 0 Å². The first-order valence-corrected chi connectivity index (χ1v) is 7.95. The molecule has 1 aliphatic rings. The number of carboxylic acid groups (broad SMARTS) is 1. The Morgan fingerprint density at radius 2 is 2.37 bits per heavy atom. The molecule has 0 aromatic carbocycles. The third-order valence-electron chi connectivity index (χ3n) is 3.69. The van der Waals surface area contributed by atoms with Crippen LogP contribution in [-0.4, -0.2) is 29.1 Å². The van der Waals surface area contributed by atoms with Gasteiger partial charge in [-0.25, -0.2) is 0 Å². The zero-order valence-corrected chi connectivity index (χ0v) is 13.1. The molecular formula is C13H17Cl2NO2S. The third kappa shape index (κ3) is 3.85. The van der Waals surface area contributed by atoms with Gasteiger partial charge in [0.15, 0.2) is 0 Å². The molecule has 0 spiro atoms. The molecule has 6 heteroatoms. The topological polar surface area (TPSA) is 40.5 Å². The van der Waals surface area contributed by atoms with Crippen LogP contribution in [0.25, 0.3) is 0 Å². The van der Waals surface area contributed by atoms with Crippen LogP contribution in [0.15, 0.2) is 6.07 Å². The predicted octanol–water partition coefficient (Wildman–Crippen LogP) is 4.30. The van der Waals surface area contributed by atoms with Gasteiger partial charge in [0.05, 0.1) is 8.67 Å². The lowest BCUT2D eigenvalue weighted by molar-refractivity contribution is -0.138. The van der Waals surface area contributed by atoms with Crippen LogP contribution in [0.3, 0.4) is 0 Å². The molecule has 0 bridgehead atoms. The van der Waals surface area contributed by atoms with Crippen LogP contribution >= 0.6 is 34.5 Å². The predicted molar refractivity (Wildman–Crippen MR) is 79.3 cm³/mol. The first-order chi connectivity index (χ1) is 8.97. The first-order valence-electron chi connectivity index (χ1n) is 6.38. The fourth-order valence-electron chi connectivity index (χ4n) is 2.70. The van der Waals surface area contributed by atoms with Crippen LogP contribution in [0, 0.1) is 5.92 Å². The Bertz CT molecular complexity index is 463. The van der Waals surface area contributed by atoms with Crippen molar-refractivity contribution in [1.82, 2.24) is 4.90 Å². The van der Waals surface area contributed by atoms with Gasteiger partial charge >= 0.3 is 5.97 Å². The number of piperidine rings is 1. The second kappa shape index (κ2) is 6.44. The van der Waals surface area contributed by atoms with E-state index in [1.807, 2.05) is 6.07 Å². The van der Waals surface area contributed by atoms with E-state index in [2.05, 4.69) is 11.8 Å². The normalized spacial score (nSPS) is 22.4. The summed E-state index contributed by atoms with van der Waals surface area (Å²) in [6.07, 6.45) is 2.28. The average molecular weight is 322 g/mol. The number of aliphatic carboxylic acids is 1. The maximum atomic E-state index is 10.8. The number of likely N-dealkylation sites (tertiary alicyclic amines) is 1. The highest BCUT2D eigenvalue weighted by Crippen LogP contribution is 2.38. The summed E-state index contributed by atoms with van der Waals surface area (Å²) in [7, 11) is 0. The van der Waals surface area contributed by atoms with Crippen LogP contribution in [0.1, 0.15) is 37.8 Å². The zero-order chi connectivity index (χ0) is 14.0. The van der Waals surface area contributed by atoms with Crippen LogP contribution < -0.4 is 0 Å². The number of halogens is 2. The average Bonchev–Trinajstić information content (AvgIpc) is 2.67. The Balaban J connectivity index is 2.04. The number of hydrogen-bond acceptors (Lipinski definition) is 3. The van der Waals surface area contributed by atoms with Gasteiger partial charge in [-0.1, -0.05) is 23.2 Å². The van der Waals surface area contributed by atoms with Crippen molar-refractivity contribution < 1.29 is 9.90 Å². The summed E-state index contributed by atoms with van der Waals surface area (Å²) in [4.78, 5) is 13.1. The Kier molecular flexibility index (Phi) is 5.12. The highest BCUT2D eigenvalue weighted by molar-refractivity contribution is 7.20. The molecule has 0 radical (unpaired) electrons. The van der Waals surface area contributed by atoms with Crippen molar-refractivity contribution in [1.29, 1.82) is 0 Å². The molecule has 2 rings (SSSR count). The van der Waals surface area contributed by atoms with E-state index in [0.29, 0.717) is 4.34 Å². The minimum atomic E-state index is -0.712. The molecule has 106 valence electrons.